The molecule has 2 aliphatic rings. The second-order valence-electron chi connectivity index (χ2n) is 5.75. The Morgan fingerprint density at radius 2 is 1.64 bits per heavy atom. The first-order chi connectivity index (χ1) is 11.6. The Hall–Kier alpha value is -2.22. The highest BCUT2D eigenvalue weighted by Crippen LogP contribution is 2.38. The molecule has 2 saturated heterocycles. The maximum absolute atomic E-state index is 11.5. The Bertz CT molecular complexity index is 600. The van der Waals surface area contributed by atoms with E-state index >= 15 is 0 Å². The van der Waals surface area contributed by atoms with Crippen LogP contribution in [0.3, 0.4) is 0 Å². The van der Waals surface area contributed by atoms with Gasteiger partial charge < -0.3 is 28.4 Å². The Morgan fingerprint density at radius 1 is 1.04 bits per heavy atom. The van der Waals surface area contributed by atoms with Gasteiger partial charge in [-0.3, -0.25) is 14.4 Å². The highest BCUT2D eigenvalue weighted by Gasteiger charge is 2.59. The zero-order valence-electron chi connectivity index (χ0n) is 14.2. The Morgan fingerprint density at radius 3 is 2.16 bits per heavy atom. The molecule has 10 nitrogen and oxygen atoms in total. The molecule has 0 saturated carbocycles. The predicted octanol–water partition coefficient (Wildman–Crippen LogP) is -0.207. The normalized spacial score (nSPS) is 36.7. The first kappa shape index (κ1) is 19.1. The molecule has 0 unspecified atom stereocenters. The van der Waals surface area contributed by atoms with Gasteiger partial charge in [0.2, 0.25) is 0 Å². The smallest absolute Gasteiger partial charge is 0.303 e. The fourth-order valence-electron chi connectivity index (χ4n) is 2.65. The van der Waals surface area contributed by atoms with Gasteiger partial charge in [-0.05, 0) is 0 Å². The molecular formula is C15H19NO9. The molecule has 2 rings (SSSR count). The van der Waals surface area contributed by atoms with E-state index in [9.17, 15) is 19.6 Å². The Kier molecular flexibility index (Phi) is 5.62. The highest BCUT2D eigenvalue weighted by molar-refractivity contribution is 5.67. The van der Waals surface area contributed by atoms with Crippen LogP contribution in [0.15, 0.2) is 0 Å². The predicted molar refractivity (Wildman–Crippen MR) is 76.4 cm³/mol. The second kappa shape index (κ2) is 7.35. The fraction of sp³-hybridized carbons (Fsp3) is 0.733. The molecule has 0 aliphatic carbocycles. The van der Waals surface area contributed by atoms with Crippen LogP contribution >= 0.6 is 0 Å². The van der Waals surface area contributed by atoms with Crippen LogP contribution in [0.2, 0.25) is 0 Å². The van der Waals surface area contributed by atoms with Crippen molar-refractivity contribution < 1.29 is 42.8 Å². The summed E-state index contributed by atoms with van der Waals surface area (Å²) < 4.78 is 31.9. The lowest BCUT2D eigenvalue weighted by Gasteiger charge is -2.40. The van der Waals surface area contributed by atoms with Crippen LogP contribution < -0.4 is 0 Å². The van der Waals surface area contributed by atoms with Crippen molar-refractivity contribution >= 4 is 17.9 Å². The summed E-state index contributed by atoms with van der Waals surface area (Å²) in [4.78, 5) is 34.0. The molecule has 2 fully saturated rings. The largest absolute Gasteiger partial charge is 0.463 e. The number of hydrogen-bond donors (Lipinski definition) is 0. The molecular weight excluding hydrogens is 338 g/mol. The SMILES string of the molecule is CC(=O)OC[C@H]1O[C@@H]2O[C@@](C)(C#N)O[C@@H]2[C@@H](OC(C)=O)[C@@H]1OC(C)=O. The first-order valence-electron chi connectivity index (χ1n) is 7.55. The molecule has 0 aromatic carbocycles. The number of fused-ring (bicyclic) bond motifs is 1. The maximum atomic E-state index is 11.5. The quantitative estimate of drug-likeness (QED) is 0.492. The van der Waals surface area contributed by atoms with Crippen LogP contribution in [0.5, 0.6) is 0 Å². The summed E-state index contributed by atoms with van der Waals surface area (Å²) in [6.07, 6.45) is -5.24. The van der Waals surface area contributed by atoms with E-state index in [0.29, 0.717) is 0 Å². The van der Waals surface area contributed by atoms with Crippen molar-refractivity contribution in [2.24, 2.45) is 0 Å². The molecule has 0 N–H and O–H groups in total. The van der Waals surface area contributed by atoms with E-state index in [-0.39, 0.29) is 6.61 Å². The number of ether oxygens (including phenoxy) is 6. The average molecular weight is 357 g/mol. The molecule has 6 atom stereocenters. The van der Waals surface area contributed by atoms with Gasteiger partial charge in [0.05, 0.1) is 0 Å². The summed E-state index contributed by atoms with van der Waals surface area (Å²) in [5.74, 6) is -3.49. The van der Waals surface area contributed by atoms with Crippen molar-refractivity contribution in [3.05, 3.63) is 0 Å². The molecule has 0 bridgehead atoms. The summed E-state index contributed by atoms with van der Waals surface area (Å²) in [7, 11) is 0. The molecule has 25 heavy (non-hydrogen) atoms. The lowest BCUT2D eigenvalue weighted by molar-refractivity contribution is -0.265. The second-order valence-corrected chi connectivity index (χ2v) is 5.75. The van der Waals surface area contributed by atoms with E-state index in [1.54, 1.807) is 0 Å². The Balaban J connectivity index is 2.31. The third kappa shape index (κ3) is 4.45. The zero-order chi connectivity index (χ0) is 18.8. The molecule has 0 spiro atoms. The number of nitriles is 1. The summed E-state index contributed by atoms with van der Waals surface area (Å²) in [5.41, 5.74) is 0. The zero-order valence-corrected chi connectivity index (χ0v) is 14.2. The lowest BCUT2D eigenvalue weighted by Crippen LogP contribution is -2.60. The number of carbonyl (C=O) groups is 3. The van der Waals surface area contributed by atoms with Gasteiger partial charge in [0.1, 0.15) is 18.8 Å². The monoisotopic (exact) mass is 357 g/mol. The highest BCUT2D eigenvalue weighted by atomic mass is 16.8. The van der Waals surface area contributed by atoms with Crippen LogP contribution in [0, 0.1) is 11.3 Å². The summed E-state index contributed by atoms with van der Waals surface area (Å²) in [6, 6.07) is 1.83. The molecule has 0 aromatic rings. The van der Waals surface area contributed by atoms with Gasteiger partial charge in [-0.1, -0.05) is 0 Å². The minimum absolute atomic E-state index is 0.263. The molecule has 10 heteroatoms. The minimum atomic E-state index is -1.62. The van der Waals surface area contributed by atoms with Crippen molar-refractivity contribution in [2.45, 2.75) is 64.2 Å². The van der Waals surface area contributed by atoms with Gasteiger partial charge in [0, 0.05) is 27.7 Å². The number of hydrogen-bond acceptors (Lipinski definition) is 10. The minimum Gasteiger partial charge on any atom is -0.463 e. The third-order valence-electron chi connectivity index (χ3n) is 3.55. The summed E-state index contributed by atoms with van der Waals surface area (Å²) in [6.45, 7) is 4.67. The van der Waals surface area contributed by atoms with Crippen molar-refractivity contribution in [1.82, 2.24) is 0 Å². The molecule has 0 amide bonds. The Labute approximate surface area is 143 Å². The standard InChI is InChI=1S/C15H19NO9/c1-7(17)20-5-10-11(21-8(2)18)12(22-9(3)19)13-14(23-10)25-15(4,6-16)24-13/h10-14H,5H2,1-4H3/t10-,11-,12+,13-,14-,15+/m1/s1. The maximum Gasteiger partial charge on any atom is 0.303 e. The summed E-state index contributed by atoms with van der Waals surface area (Å²) >= 11 is 0. The van der Waals surface area contributed by atoms with Crippen LogP contribution in [0.25, 0.3) is 0 Å². The van der Waals surface area contributed by atoms with Gasteiger partial charge in [-0.15, -0.1) is 0 Å². The van der Waals surface area contributed by atoms with Crippen LogP contribution in [-0.4, -0.2) is 61.0 Å². The number of esters is 3. The van der Waals surface area contributed by atoms with Crippen molar-refractivity contribution in [2.75, 3.05) is 6.61 Å². The van der Waals surface area contributed by atoms with Crippen molar-refractivity contribution in [3.8, 4) is 6.07 Å². The van der Waals surface area contributed by atoms with Gasteiger partial charge >= 0.3 is 17.9 Å². The van der Waals surface area contributed by atoms with Gasteiger partial charge in [-0.25, -0.2) is 0 Å². The number of carbonyl (C=O) groups excluding carboxylic acids is 3. The number of nitrogens with zero attached hydrogens (tertiary/aromatic N) is 1. The average Bonchev–Trinajstić information content (AvgIpc) is 2.84. The molecule has 138 valence electrons. The molecule has 2 heterocycles. The van der Waals surface area contributed by atoms with Crippen LogP contribution in [-0.2, 0) is 42.8 Å². The van der Waals surface area contributed by atoms with E-state index in [1.807, 2.05) is 6.07 Å². The van der Waals surface area contributed by atoms with Gasteiger partial charge in [0.25, 0.3) is 5.79 Å². The van der Waals surface area contributed by atoms with E-state index < -0.39 is 54.4 Å². The summed E-state index contributed by atoms with van der Waals surface area (Å²) in [5, 5.41) is 9.18. The van der Waals surface area contributed by atoms with Crippen LogP contribution in [0.4, 0.5) is 0 Å². The number of rotatable bonds is 4. The molecule has 0 aromatic heterocycles. The first-order valence-corrected chi connectivity index (χ1v) is 7.55. The van der Waals surface area contributed by atoms with E-state index in [2.05, 4.69) is 0 Å². The lowest BCUT2D eigenvalue weighted by atomic mass is 9.98. The van der Waals surface area contributed by atoms with E-state index in [1.165, 1.54) is 27.7 Å². The van der Waals surface area contributed by atoms with E-state index in [4.69, 9.17) is 28.4 Å². The molecule has 0 radical (unpaired) electrons. The molecule has 2 aliphatic heterocycles. The third-order valence-corrected chi connectivity index (χ3v) is 3.55. The van der Waals surface area contributed by atoms with Crippen molar-refractivity contribution in [1.29, 1.82) is 5.26 Å². The van der Waals surface area contributed by atoms with Crippen molar-refractivity contribution in [3.63, 3.8) is 0 Å². The topological polar surface area (TPSA) is 130 Å². The van der Waals surface area contributed by atoms with E-state index in [0.717, 1.165) is 0 Å². The van der Waals surface area contributed by atoms with Gasteiger partial charge in [-0.2, -0.15) is 5.26 Å². The fourth-order valence-corrected chi connectivity index (χ4v) is 2.65. The van der Waals surface area contributed by atoms with Crippen LogP contribution in [0.1, 0.15) is 27.7 Å². The van der Waals surface area contributed by atoms with Gasteiger partial charge in [0.15, 0.2) is 24.6 Å².